The van der Waals surface area contributed by atoms with E-state index in [2.05, 4.69) is 27.4 Å². The second kappa shape index (κ2) is 9.18. The predicted octanol–water partition coefficient (Wildman–Crippen LogP) is 3.85. The zero-order valence-electron chi connectivity index (χ0n) is 19.5. The van der Waals surface area contributed by atoms with Crippen LogP contribution in [0.3, 0.4) is 0 Å². The number of hydrogen-bond acceptors (Lipinski definition) is 6. The van der Waals surface area contributed by atoms with E-state index in [1.54, 1.807) is 10.7 Å². The summed E-state index contributed by atoms with van der Waals surface area (Å²) in [4.78, 5) is 24.2. The topological polar surface area (TPSA) is 101 Å². The molecule has 35 heavy (non-hydrogen) atoms. The van der Waals surface area contributed by atoms with E-state index in [0.717, 1.165) is 79.6 Å². The maximum Gasteiger partial charge on any atom is 0.280 e. The number of nitrogens with one attached hydrogen (secondary N) is 2. The molecule has 182 valence electrons. The smallest absolute Gasteiger partial charge is 0.280 e. The van der Waals surface area contributed by atoms with Crippen LogP contribution in [0.5, 0.6) is 0 Å². The van der Waals surface area contributed by atoms with E-state index in [1.165, 1.54) is 0 Å². The average molecular weight is 493 g/mol. The van der Waals surface area contributed by atoms with E-state index < -0.39 is 0 Å². The number of rotatable bonds is 4. The summed E-state index contributed by atoms with van der Waals surface area (Å²) in [5, 5.41) is 1.47. The molecule has 2 aliphatic rings. The highest BCUT2D eigenvalue weighted by Crippen LogP contribution is 2.27. The Kier molecular flexibility index (Phi) is 5.88. The number of halogens is 1. The normalized spacial score (nSPS) is 21.0. The minimum absolute atomic E-state index is 0.00599. The van der Waals surface area contributed by atoms with Crippen molar-refractivity contribution in [2.24, 2.45) is 5.73 Å². The molecule has 4 aromatic rings. The number of nitrogens with two attached hydrogens (primary N) is 1. The van der Waals surface area contributed by atoms with E-state index in [4.69, 9.17) is 27.1 Å². The molecular formula is C26H29ClN6O2. The van der Waals surface area contributed by atoms with E-state index in [9.17, 15) is 4.79 Å². The Morgan fingerprint density at radius 2 is 1.91 bits per heavy atom. The van der Waals surface area contributed by atoms with Crippen LogP contribution in [0.1, 0.15) is 25.7 Å². The molecule has 2 fully saturated rings. The first-order valence-corrected chi connectivity index (χ1v) is 12.6. The second-order valence-electron chi connectivity index (χ2n) is 9.47. The molecule has 0 radical (unpaired) electrons. The number of fused-ring (bicyclic) bond motifs is 2. The van der Waals surface area contributed by atoms with Gasteiger partial charge in [0, 0.05) is 35.2 Å². The largest absolute Gasteiger partial charge is 0.378 e. The second-order valence-corrected chi connectivity index (χ2v) is 9.91. The number of H-pyrrole nitrogens is 1. The van der Waals surface area contributed by atoms with Gasteiger partial charge in [-0.1, -0.05) is 24.4 Å². The van der Waals surface area contributed by atoms with Gasteiger partial charge in [0.2, 0.25) is 0 Å². The number of benzene rings is 2. The molecular weight excluding hydrogens is 464 g/mol. The Morgan fingerprint density at radius 3 is 2.74 bits per heavy atom. The van der Waals surface area contributed by atoms with Crippen molar-refractivity contribution in [2.75, 3.05) is 36.6 Å². The first kappa shape index (κ1) is 22.4. The van der Waals surface area contributed by atoms with Crippen molar-refractivity contribution in [1.82, 2.24) is 14.6 Å². The summed E-state index contributed by atoms with van der Waals surface area (Å²) in [6.45, 7) is 3.17. The summed E-state index contributed by atoms with van der Waals surface area (Å²) in [5.74, 6) is 0.537. The van der Waals surface area contributed by atoms with E-state index in [0.29, 0.717) is 16.4 Å². The Hall–Kier alpha value is -3.07. The predicted molar refractivity (Wildman–Crippen MR) is 141 cm³/mol. The van der Waals surface area contributed by atoms with Gasteiger partial charge in [-0.05, 0) is 55.3 Å². The van der Waals surface area contributed by atoms with Crippen LogP contribution in [-0.4, -0.2) is 53.0 Å². The Labute approximate surface area is 208 Å². The molecule has 0 amide bonds. The monoisotopic (exact) mass is 492 g/mol. The van der Waals surface area contributed by atoms with Gasteiger partial charge in [-0.25, -0.2) is 9.66 Å². The molecule has 2 aromatic carbocycles. The van der Waals surface area contributed by atoms with Crippen LogP contribution >= 0.6 is 11.6 Å². The summed E-state index contributed by atoms with van der Waals surface area (Å²) < 4.78 is 7.11. The quantitative estimate of drug-likeness (QED) is 0.400. The number of imidazole rings is 1. The lowest BCUT2D eigenvalue weighted by molar-refractivity contribution is 0.122. The van der Waals surface area contributed by atoms with Crippen LogP contribution in [0.25, 0.3) is 33.3 Å². The summed E-state index contributed by atoms with van der Waals surface area (Å²) in [6, 6.07) is 13.6. The number of morpholine rings is 1. The third-order valence-corrected chi connectivity index (χ3v) is 7.41. The maximum atomic E-state index is 13.8. The highest BCUT2D eigenvalue weighted by molar-refractivity contribution is 6.31. The summed E-state index contributed by atoms with van der Waals surface area (Å²) in [5.41, 5.74) is 13.7. The molecule has 8 nitrogen and oxygen atoms in total. The number of anilines is 1. The van der Waals surface area contributed by atoms with Crippen LogP contribution in [0.2, 0.25) is 5.02 Å². The first-order valence-electron chi connectivity index (χ1n) is 12.3. The van der Waals surface area contributed by atoms with Crippen LogP contribution in [0.15, 0.2) is 47.3 Å². The molecule has 0 unspecified atom stereocenters. The standard InChI is InChI=1S/C26H29ClN6O2/c27-17-5-8-24-16(13-17)14-19(26(34)33(24)31-21-4-2-1-3-20(21)28)25-29-22-7-6-18(15-23(22)30-25)32-9-11-35-12-10-32/h5-8,13-15,20-21,31H,1-4,9-12,28H2,(H,29,30)/t20-,21-/m1/s1. The molecule has 0 spiro atoms. The average Bonchev–Trinajstić information content (AvgIpc) is 3.30. The van der Waals surface area contributed by atoms with Gasteiger partial charge in [-0.3, -0.25) is 4.79 Å². The lowest BCUT2D eigenvalue weighted by Crippen LogP contribution is -2.48. The molecule has 3 heterocycles. The van der Waals surface area contributed by atoms with Crippen molar-refractivity contribution in [1.29, 1.82) is 0 Å². The van der Waals surface area contributed by atoms with Gasteiger partial charge < -0.3 is 25.8 Å². The van der Waals surface area contributed by atoms with Gasteiger partial charge in [0.25, 0.3) is 5.56 Å². The minimum Gasteiger partial charge on any atom is -0.378 e. The number of hydrogen-bond donors (Lipinski definition) is 3. The van der Waals surface area contributed by atoms with Gasteiger partial charge >= 0.3 is 0 Å². The van der Waals surface area contributed by atoms with Crippen LogP contribution in [0, 0.1) is 0 Å². The fraction of sp³-hybridized carbons (Fsp3) is 0.385. The van der Waals surface area contributed by atoms with Crippen molar-refractivity contribution in [3.05, 3.63) is 57.8 Å². The number of ether oxygens (including phenoxy) is 1. The number of aromatic nitrogens is 3. The van der Waals surface area contributed by atoms with Crippen molar-refractivity contribution in [2.45, 2.75) is 37.8 Å². The zero-order valence-corrected chi connectivity index (χ0v) is 20.2. The highest BCUT2D eigenvalue weighted by Gasteiger charge is 2.24. The fourth-order valence-electron chi connectivity index (χ4n) is 5.22. The molecule has 1 saturated carbocycles. The SMILES string of the molecule is N[C@@H]1CCCC[C@H]1Nn1c(=O)c(-c2nc3ccc(N4CCOCC4)cc3[nH]2)cc2cc(Cl)ccc21. The number of aromatic amines is 1. The molecule has 4 N–H and O–H groups in total. The molecule has 2 aromatic heterocycles. The lowest BCUT2D eigenvalue weighted by atomic mass is 9.91. The van der Waals surface area contributed by atoms with Crippen molar-refractivity contribution in [3.63, 3.8) is 0 Å². The zero-order chi connectivity index (χ0) is 23.9. The molecule has 9 heteroatoms. The van der Waals surface area contributed by atoms with Gasteiger partial charge in [0.05, 0.1) is 41.4 Å². The van der Waals surface area contributed by atoms with Crippen molar-refractivity contribution < 1.29 is 4.74 Å². The van der Waals surface area contributed by atoms with Gasteiger partial charge in [-0.15, -0.1) is 0 Å². The van der Waals surface area contributed by atoms with Gasteiger partial charge in [0.1, 0.15) is 5.82 Å². The fourth-order valence-corrected chi connectivity index (χ4v) is 5.40. The summed E-state index contributed by atoms with van der Waals surface area (Å²) in [6.07, 6.45) is 4.10. The molecule has 1 aliphatic heterocycles. The van der Waals surface area contributed by atoms with Crippen molar-refractivity contribution >= 4 is 39.2 Å². The van der Waals surface area contributed by atoms with Crippen LogP contribution in [-0.2, 0) is 4.74 Å². The van der Waals surface area contributed by atoms with E-state index in [1.807, 2.05) is 24.3 Å². The van der Waals surface area contributed by atoms with Crippen molar-refractivity contribution in [3.8, 4) is 11.4 Å². The Bertz CT molecular complexity index is 1440. The Balaban J connectivity index is 1.44. The van der Waals surface area contributed by atoms with E-state index >= 15 is 0 Å². The molecule has 1 aliphatic carbocycles. The van der Waals surface area contributed by atoms with Crippen LogP contribution in [0.4, 0.5) is 5.69 Å². The Morgan fingerprint density at radius 1 is 1.09 bits per heavy atom. The summed E-state index contributed by atoms with van der Waals surface area (Å²) >= 11 is 6.31. The number of pyridine rings is 1. The third kappa shape index (κ3) is 4.26. The van der Waals surface area contributed by atoms with Gasteiger partial charge in [0.15, 0.2) is 0 Å². The van der Waals surface area contributed by atoms with E-state index in [-0.39, 0.29) is 17.6 Å². The molecule has 6 rings (SSSR count). The van der Waals surface area contributed by atoms with Gasteiger partial charge in [-0.2, -0.15) is 0 Å². The molecule has 0 bridgehead atoms. The minimum atomic E-state index is -0.162. The van der Waals surface area contributed by atoms with Crippen LogP contribution < -0.4 is 21.6 Å². The third-order valence-electron chi connectivity index (χ3n) is 7.17. The first-order chi connectivity index (χ1) is 17.1. The summed E-state index contributed by atoms with van der Waals surface area (Å²) in [7, 11) is 0. The number of nitrogens with zero attached hydrogens (tertiary/aromatic N) is 3. The lowest BCUT2D eigenvalue weighted by Gasteiger charge is -2.31. The highest BCUT2D eigenvalue weighted by atomic mass is 35.5. The molecule has 2 atom stereocenters. The maximum absolute atomic E-state index is 13.8. The molecule has 1 saturated heterocycles.